The highest BCUT2D eigenvalue weighted by Crippen LogP contribution is 2.37. The molecule has 190 valence electrons. The minimum atomic E-state index is -4.60. The van der Waals surface area contributed by atoms with Crippen molar-refractivity contribution in [2.24, 2.45) is 0 Å². The van der Waals surface area contributed by atoms with Crippen LogP contribution >= 0.6 is 0 Å². The van der Waals surface area contributed by atoms with Crippen molar-refractivity contribution in [3.63, 3.8) is 0 Å². The van der Waals surface area contributed by atoms with Gasteiger partial charge in [-0.25, -0.2) is 4.98 Å². The fourth-order valence-electron chi connectivity index (χ4n) is 4.30. The summed E-state index contributed by atoms with van der Waals surface area (Å²) >= 11 is 0. The molecular weight excluding hydrogens is 469 g/mol. The molecule has 1 aromatic heterocycles. The first-order valence-electron chi connectivity index (χ1n) is 11.8. The highest BCUT2D eigenvalue weighted by Gasteiger charge is 2.35. The first-order valence-corrected chi connectivity index (χ1v) is 11.8. The molecular formula is C27H29F3N4O2. The lowest BCUT2D eigenvalue weighted by molar-refractivity contribution is -0.138. The lowest BCUT2D eigenvalue weighted by Gasteiger charge is -2.25. The van der Waals surface area contributed by atoms with Gasteiger partial charge in [0.05, 0.1) is 11.1 Å². The summed E-state index contributed by atoms with van der Waals surface area (Å²) in [6, 6.07) is 16.7. The van der Waals surface area contributed by atoms with E-state index < -0.39 is 17.8 Å². The Labute approximate surface area is 208 Å². The molecule has 0 fully saturated rings. The monoisotopic (exact) mass is 498 g/mol. The van der Waals surface area contributed by atoms with Crippen LogP contribution in [-0.2, 0) is 12.7 Å². The van der Waals surface area contributed by atoms with E-state index in [1.54, 1.807) is 24.4 Å². The fourth-order valence-corrected chi connectivity index (χ4v) is 4.30. The number of carbonyl (C=O) groups is 1. The number of carbonyl (C=O) groups excluding carboxylic acids is 1. The summed E-state index contributed by atoms with van der Waals surface area (Å²) in [5, 5.41) is 3.06. The van der Waals surface area contributed by atoms with Crippen molar-refractivity contribution in [3.05, 3.63) is 89.1 Å². The highest BCUT2D eigenvalue weighted by molar-refractivity contribution is 5.99. The maximum atomic E-state index is 14.1. The first-order chi connectivity index (χ1) is 17.3. The van der Waals surface area contributed by atoms with E-state index in [4.69, 9.17) is 4.74 Å². The summed E-state index contributed by atoms with van der Waals surface area (Å²) in [5.74, 6) is 0.318. The van der Waals surface area contributed by atoms with Crippen molar-refractivity contribution >= 4 is 11.7 Å². The molecule has 0 saturated heterocycles. The zero-order chi connectivity index (χ0) is 25.7. The zero-order valence-corrected chi connectivity index (χ0v) is 20.3. The molecule has 0 bridgehead atoms. The average molecular weight is 499 g/mol. The number of nitrogens with zero attached hydrogens (tertiary/aromatic N) is 3. The van der Waals surface area contributed by atoms with Gasteiger partial charge in [0.15, 0.2) is 0 Å². The quantitative estimate of drug-likeness (QED) is 0.478. The number of benzene rings is 2. The van der Waals surface area contributed by atoms with E-state index >= 15 is 0 Å². The number of amides is 1. The van der Waals surface area contributed by atoms with Crippen LogP contribution in [0.15, 0.2) is 66.9 Å². The Morgan fingerprint density at radius 3 is 2.58 bits per heavy atom. The standard InChI is InChI=1S/C27H29F3N4O2/c1-31-14-12-24(19-7-4-3-5-8-19)36-21-11-10-20(23(17-21)27(28,29)30)18-34-16-15-33(2)25-22(26(34)35)9-6-13-32-25/h3-11,13,17,24,31H,12,14-16,18H2,1-2H3/t24-/m0/s1. The Bertz CT molecular complexity index is 1190. The van der Waals surface area contributed by atoms with Gasteiger partial charge in [-0.15, -0.1) is 0 Å². The van der Waals surface area contributed by atoms with Crippen molar-refractivity contribution < 1.29 is 22.7 Å². The Kier molecular flexibility index (Phi) is 7.79. The van der Waals surface area contributed by atoms with E-state index in [-0.39, 0.29) is 30.3 Å². The van der Waals surface area contributed by atoms with Crippen LogP contribution in [0.25, 0.3) is 0 Å². The number of hydrogen-bond acceptors (Lipinski definition) is 5. The molecule has 1 aliphatic rings. The topological polar surface area (TPSA) is 57.7 Å². The van der Waals surface area contributed by atoms with Crippen LogP contribution in [0.4, 0.5) is 19.0 Å². The van der Waals surface area contributed by atoms with E-state index in [0.29, 0.717) is 30.9 Å². The molecule has 36 heavy (non-hydrogen) atoms. The van der Waals surface area contributed by atoms with Gasteiger partial charge >= 0.3 is 6.18 Å². The van der Waals surface area contributed by atoms with Crippen LogP contribution in [0, 0.1) is 0 Å². The smallest absolute Gasteiger partial charge is 0.416 e. The summed E-state index contributed by atoms with van der Waals surface area (Å²) < 4.78 is 48.5. The molecule has 0 aliphatic carbocycles. The number of pyridine rings is 1. The Morgan fingerprint density at radius 2 is 1.86 bits per heavy atom. The van der Waals surface area contributed by atoms with E-state index in [9.17, 15) is 18.0 Å². The van der Waals surface area contributed by atoms with Gasteiger partial charge in [-0.05, 0) is 49.0 Å². The van der Waals surface area contributed by atoms with Crippen LogP contribution in [-0.4, -0.2) is 49.5 Å². The second-order valence-electron chi connectivity index (χ2n) is 8.75. The maximum absolute atomic E-state index is 14.1. The van der Waals surface area contributed by atoms with Gasteiger partial charge in [-0.3, -0.25) is 4.79 Å². The third kappa shape index (κ3) is 5.79. The minimum absolute atomic E-state index is 0.0182. The largest absolute Gasteiger partial charge is 0.486 e. The third-order valence-electron chi connectivity index (χ3n) is 6.23. The molecule has 2 heterocycles. The molecule has 0 saturated carbocycles. The van der Waals surface area contributed by atoms with Crippen LogP contribution in [0.1, 0.15) is 39.6 Å². The van der Waals surface area contributed by atoms with Crippen LogP contribution in [0.3, 0.4) is 0 Å². The SMILES string of the molecule is CNCC[C@H](Oc1ccc(CN2CCN(C)c3ncccc3C2=O)c(C(F)(F)F)c1)c1ccccc1. The molecule has 1 atom stereocenters. The number of ether oxygens (including phenoxy) is 1. The van der Waals surface area contributed by atoms with E-state index in [1.165, 1.54) is 11.0 Å². The third-order valence-corrected chi connectivity index (χ3v) is 6.23. The molecule has 1 N–H and O–H groups in total. The fraction of sp³-hybridized carbons (Fsp3) is 0.333. The van der Waals surface area contributed by atoms with Gasteiger partial charge in [-0.2, -0.15) is 13.2 Å². The predicted molar refractivity (Wildman–Crippen MR) is 132 cm³/mol. The molecule has 0 spiro atoms. The molecule has 1 aliphatic heterocycles. The van der Waals surface area contributed by atoms with Gasteiger partial charge in [0.1, 0.15) is 17.7 Å². The van der Waals surface area contributed by atoms with Crippen molar-refractivity contribution in [2.75, 3.05) is 38.6 Å². The average Bonchev–Trinajstić information content (AvgIpc) is 2.99. The van der Waals surface area contributed by atoms with Crippen molar-refractivity contribution in [3.8, 4) is 5.75 Å². The Morgan fingerprint density at radius 1 is 1.08 bits per heavy atom. The number of hydrogen-bond donors (Lipinski definition) is 1. The summed E-state index contributed by atoms with van der Waals surface area (Å²) in [5.41, 5.74) is 0.472. The molecule has 6 nitrogen and oxygen atoms in total. The second-order valence-corrected chi connectivity index (χ2v) is 8.75. The number of halogens is 3. The van der Waals surface area contributed by atoms with Crippen molar-refractivity contribution in [1.29, 1.82) is 0 Å². The highest BCUT2D eigenvalue weighted by atomic mass is 19.4. The summed E-state index contributed by atoms with van der Waals surface area (Å²) in [6.45, 7) is 1.22. The molecule has 0 radical (unpaired) electrons. The van der Waals surface area contributed by atoms with Gasteiger partial charge in [0.2, 0.25) is 0 Å². The number of likely N-dealkylation sites (N-methyl/N-ethyl adjacent to an activating group) is 1. The molecule has 0 unspecified atom stereocenters. The molecule has 2 aromatic carbocycles. The first kappa shape index (κ1) is 25.5. The molecule has 4 rings (SSSR count). The van der Waals surface area contributed by atoms with Gasteiger partial charge in [0, 0.05) is 39.3 Å². The van der Waals surface area contributed by atoms with Crippen LogP contribution in [0.5, 0.6) is 5.75 Å². The van der Waals surface area contributed by atoms with Gasteiger partial charge in [-0.1, -0.05) is 36.4 Å². The minimum Gasteiger partial charge on any atom is -0.486 e. The lowest BCUT2D eigenvalue weighted by atomic mass is 10.0. The predicted octanol–water partition coefficient (Wildman–Crippen LogP) is 4.92. The van der Waals surface area contributed by atoms with E-state index in [0.717, 1.165) is 11.6 Å². The zero-order valence-electron chi connectivity index (χ0n) is 20.3. The summed E-state index contributed by atoms with van der Waals surface area (Å²) in [7, 11) is 3.63. The number of aromatic nitrogens is 1. The number of nitrogens with one attached hydrogen (secondary N) is 1. The second kappa shape index (κ2) is 11.0. The Balaban J connectivity index is 1.61. The van der Waals surface area contributed by atoms with Gasteiger partial charge in [0.25, 0.3) is 5.91 Å². The van der Waals surface area contributed by atoms with Crippen molar-refractivity contribution in [1.82, 2.24) is 15.2 Å². The van der Waals surface area contributed by atoms with Crippen LogP contribution in [0.2, 0.25) is 0 Å². The van der Waals surface area contributed by atoms with Crippen LogP contribution < -0.4 is 15.0 Å². The van der Waals surface area contributed by atoms with E-state index in [2.05, 4.69) is 10.3 Å². The number of fused-ring (bicyclic) bond motifs is 1. The number of anilines is 1. The lowest BCUT2D eigenvalue weighted by Crippen LogP contribution is -2.34. The number of rotatable bonds is 8. The molecule has 1 amide bonds. The Hall–Kier alpha value is -3.59. The normalized spacial score (nSPS) is 14.9. The molecule has 3 aromatic rings. The summed E-state index contributed by atoms with van der Waals surface area (Å²) in [6.07, 6.45) is -2.82. The summed E-state index contributed by atoms with van der Waals surface area (Å²) in [4.78, 5) is 20.7. The van der Waals surface area contributed by atoms with Gasteiger partial charge < -0.3 is 19.9 Å². The number of alkyl halides is 3. The van der Waals surface area contributed by atoms with E-state index in [1.807, 2.05) is 49.3 Å². The maximum Gasteiger partial charge on any atom is 0.416 e. The molecule has 9 heteroatoms. The van der Waals surface area contributed by atoms with Crippen molar-refractivity contribution in [2.45, 2.75) is 25.2 Å².